The first-order chi connectivity index (χ1) is 12.3. The maximum absolute atomic E-state index is 9.14. The molecule has 2 nitrogen and oxygen atoms in total. The molecule has 0 spiro atoms. The molecule has 2 heteroatoms. The zero-order valence-electron chi connectivity index (χ0n) is 14.1. The second-order valence-corrected chi connectivity index (χ2v) is 6.38. The molecule has 0 saturated carbocycles. The molecule has 4 rings (SSSR count). The summed E-state index contributed by atoms with van der Waals surface area (Å²) in [7, 11) is 0. The largest absolute Gasteiger partial charge is 0.392 e. The van der Waals surface area contributed by atoms with Crippen molar-refractivity contribution >= 4 is 21.5 Å². The lowest BCUT2D eigenvalue weighted by molar-refractivity contribution is 0.282. The minimum atomic E-state index is 0.0930. The van der Waals surface area contributed by atoms with E-state index in [2.05, 4.69) is 72.0 Å². The Hall–Kier alpha value is -2.68. The van der Waals surface area contributed by atoms with Gasteiger partial charge in [-0.3, -0.25) is 0 Å². The Morgan fingerprint density at radius 3 is 1.80 bits per heavy atom. The van der Waals surface area contributed by atoms with E-state index >= 15 is 0 Å². The number of benzene rings is 4. The Balaban J connectivity index is 1.62. The third kappa shape index (κ3) is 3.27. The molecule has 0 aromatic heterocycles. The van der Waals surface area contributed by atoms with Crippen molar-refractivity contribution in [2.24, 2.45) is 0 Å². The zero-order chi connectivity index (χ0) is 17.1. The van der Waals surface area contributed by atoms with Crippen LogP contribution in [0.2, 0.25) is 0 Å². The van der Waals surface area contributed by atoms with Crippen molar-refractivity contribution < 1.29 is 5.11 Å². The summed E-state index contributed by atoms with van der Waals surface area (Å²) in [6.45, 7) is 1.72. The van der Waals surface area contributed by atoms with Crippen molar-refractivity contribution in [3.05, 3.63) is 95.6 Å². The summed E-state index contributed by atoms with van der Waals surface area (Å²) in [5.74, 6) is 0. The molecule has 0 bridgehead atoms. The molecule has 4 aromatic rings. The highest BCUT2D eigenvalue weighted by Gasteiger charge is 2.07. The smallest absolute Gasteiger partial charge is 0.0681 e. The summed E-state index contributed by atoms with van der Waals surface area (Å²) in [5, 5.41) is 17.9. The van der Waals surface area contributed by atoms with Gasteiger partial charge in [-0.1, -0.05) is 72.8 Å². The van der Waals surface area contributed by atoms with Gasteiger partial charge in [0.2, 0.25) is 0 Å². The second kappa shape index (κ2) is 7.06. The van der Waals surface area contributed by atoms with Gasteiger partial charge in [-0.25, -0.2) is 0 Å². The Bertz CT molecular complexity index is 951. The van der Waals surface area contributed by atoms with Crippen LogP contribution in [-0.4, -0.2) is 5.11 Å². The molecule has 25 heavy (non-hydrogen) atoms. The summed E-state index contributed by atoms with van der Waals surface area (Å²) in [6, 6.07) is 27.5. The van der Waals surface area contributed by atoms with Crippen LogP contribution < -0.4 is 5.32 Å². The van der Waals surface area contributed by atoms with Gasteiger partial charge in [0, 0.05) is 13.1 Å². The van der Waals surface area contributed by atoms with E-state index in [-0.39, 0.29) is 6.61 Å². The van der Waals surface area contributed by atoms with E-state index in [1.54, 1.807) is 0 Å². The molecule has 0 heterocycles. The topological polar surface area (TPSA) is 32.3 Å². The molecule has 0 aliphatic carbocycles. The molecule has 0 saturated heterocycles. The van der Waals surface area contributed by atoms with Crippen LogP contribution in [0.15, 0.2) is 78.9 Å². The molecular weight excluding hydrogens is 306 g/mol. The summed E-state index contributed by atoms with van der Waals surface area (Å²) in [6.07, 6.45) is 0. The fourth-order valence-corrected chi connectivity index (χ4v) is 3.39. The first kappa shape index (κ1) is 15.8. The fourth-order valence-electron chi connectivity index (χ4n) is 3.39. The third-order valence-electron chi connectivity index (χ3n) is 4.72. The minimum Gasteiger partial charge on any atom is -0.392 e. The third-order valence-corrected chi connectivity index (χ3v) is 4.72. The van der Waals surface area contributed by atoms with Crippen LogP contribution in [0, 0.1) is 0 Å². The van der Waals surface area contributed by atoms with Gasteiger partial charge in [0.25, 0.3) is 0 Å². The highest BCUT2D eigenvalue weighted by Crippen LogP contribution is 2.28. The summed E-state index contributed by atoms with van der Waals surface area (Å²) < 4.78 is 0. The molecule has 0 radical (unpaired) electrons. The lowest BCUT2D eigenvalue weighted by Crippen LogP contribution is -2.13. The van der Waals surface area contributed by atoms with Crippen LogP contribution in [0.5, 0.6) is 0 Å². The SMILES string of the molecule is OCc1ccc(CNCc2c3ccccc3cc3ccccc23)cc1. The lowest BCUT2D eigenvalue weighted by Gasteiger charge is -2.13. The van der Waals surface area contributed by atoms with Crippen LogP contribution in [0.4, 0.5) is 0 Å². The molecule has 0 aliphatic rings. The Morgan fingerprint density at radius 2 is 1.20 bits per heavy atom. The van der Waals surface area contributed by atoms with Crippen molar-refractivity contribution in [3.8, 4) is 0 Å². The molecule has 2 N–H and O–H groups in total. The van der Waals surface area contributed by atoms with Crippen LogP contribution in [0.3, 0.4) is 0 Å². The molecule has 0 amide bonds. The number of fused-ring (bicyclic) bond motifs is 2. The van der Waals surface area contributed by atoms with E-state index in [1.165, 1.54) is 32.7 Å². The Kier molecular flexibility index (Phi) is 4.47. The average Bonchev–Trinajstić information content (AvgIpc) is 2.68. The predicted octanol–water partition coefficient (Wildman–Crippen LogP) is 4.78. The monoisotopic (exact) mass is 327 g/mol. The number of hydrogen-bond donors (Lipinski definition) is 2. The van der Waals surface area contributed by atoms with Crippen LogP contribution in [-0.2, 0) is 19.7 Å². The number of nitrogens with one attached hydrogen (secondary N) is 1. The van der Waals surface area contributed by atoms with Gasteiger partial charge in [0.1, 0.15) is 0 Å². The highest BCUT2D eigenvalue weighted by molar-refractivity contribution is 6.02. The van der Waals surface area contributed by atoms with Crippen molar-refractivity contribution in [2.75, 3.05) is 0 Å². The number of rotatable bonds is 5. The van der Waals surface area contributed by atoms with E-state index in [0.29, 0.717) is 0 Å². The van der Waals surface area contributed by atoms with Gasteiger partial charge in [0.05, 0.1) is 6.61 Å². The molecule has 4 aromatic carbocycles. The Morgan fingerprint density at radius 1 is 0.640 bits per heavy atom. The number of aliphatic hydroxyl groups is 1. The van der Waals surface area contributed by atoms with Gasteiger partial charge in [0.15, 0.2) is 0 Å². The van der Waals surface area contributed by atoms with E-state index in [0.717, 1.165) is 18.7 Å². The molecule has 0 unspecified atom stereocenters. The van der Waals surface area contributed by atoms with Crippen LogP contribution in [0.1, 0.15) is 16.7 Å². The van der Waals surface area contributed by atoms with Gasteiger partial charge in [-0.05, 0) is 44.3 Å². The number of aliphatic hydroxyl groups excluding tert-OH is 1. The standard InChI is InChI=1S/C23H21NO/c25-16-18-11-9-17(10-12-18)14-24-15-23-21-7-3-1-5-19(21)13-20-6-2-4-8-22(20)23/h1-13,24-25H,14-16H2. The van der Waals surface area contributed by atoms with Crippen LogP contribution in [0.25, 0.3) is 21.5 Å². The number of hydrogen-bond acceptors (Lipinski definition) is 2. The molecule has 124 valence electrons. The van der Waals surface area contributed by atoms with Crippen molar-refractivity contribution in [1.82, 2.24) is 5.32 Å². The van der Waals surface area contributed by atoms with Crippen molar-refractivity contribution in [3.63, 3.8) is 0 Å². The van der Waals surface area contributed by atoms with Crippen molar-refractivity contribution in [1.29, 1.82) is 0 Å². The van der Waals surface area contributed by atoms with Crippen molar-refractivity contribution in [2.45, 2.75) is 19.7 Å². The Labute approximate surface area is 147 Å². The first-order valence-electron chi connectivity index (χ1n) is 8.64. The van der Waals surface area contributed by atoms with E-state index < -0.39 is 0 Å². The second-order valence-electron chi connectivity index (χ2n) is 6.38. The maximum Gasteiger partial charge on any atom is 0.0681 e. The van der Waals surface area contributed by atoms with E-state index in [1.807, 2.05) is 12.1 Å². The minimum absolute atomic E-state index is 0.0930. The van der Waals surface area contributed by atoms with Gasteiger partial charge >= 0.3 is 0 Å². The molecule has 0 aliphatic heterocycles. The summed E-state index contributed by atoms with van der Waals surface area (Å²) in [5.41, 5.74) is 3.52. The highest BCUT2D eigenvalue weighted by atomic mass is 16.3. The quantitative estimate of drug-likeness (QED) is 0.517. The van der Waals surface area contributed by atoms with Gasteiger partial charge < -0.3 is 10.4 Å². The predicted molar refractivity (Wildman–Crippen MR) is 104 cm³/mol. The van der Waals surface area contributed by atoms with Crippen LogP contribution >= 0.6 is 0 Å². The molecular formula is C23H21NO. The molecule has 0 fully saturated rings. The van der Waals surface area contributed by atoms with E-state index in [4.69, 9.17) is 5.11 Å². The first-order valence-corrected chi connectivity index (χ1v) is 8.64. The zero-order valence-corrected chi connectivity index (χ0v) is 14.1. The lowest BCUT2D eigenvalue weighted by atomic mass is 9.96. The summed E-state index contributed by atoms with van der Waals surface area (Å²) >= 11 is 0. The molecule has 0 atom stereocenters. The van der Waals surface area contributed by atoms with Gasteiger partial charge in [-0.15, -0.1) is 0 Å². The summed E-state index contributed by atoms with van der Waals surface area (Å²) in [4.78, 5) is 0. The van der Waals surface area contributed by atoms with E-state index in [9.17, 15) is 0 Å². The average molecular weight is 327 g/mol. The van der Waals surface area contributed by atoms with Gasteiger partial charge in [-0.2, -0.15) is 0 Å². The fraction of sp³-hybridized carbons (Fsp3) is 0.130. The normalized spacial score (nSPS) is 11.2. The maximum atomic E-state index is 9.14.